The van der Waals surface area contributed by atoms with Gasteiger partial charge in [-0.3, -0.25) is 0 Å². The van der Waals surface area contributed by atoms with Crippen molar-refractivity contribution in [1.82, 2.24) is 40.0 Å². The van der Waals surface area contributed by atoms with E-state index in [1.807, 2.05) is 0 Å². The predicted octanol–water partition coefficient (Wildman–Crippen LogP) is 5.57. The second-order valence-electron chi connectivity index (χ2n) is 9.71. The zero-order valence-electron chi connectivity index (χ0n) is 21.5. The molecular weight excluding hydrogens is 436 g/mol. The largest absolute Gasteiger partial charge is 0.311 e. The first-order valence-corrected chi connectivity index (χ1v) is 13.0. The zero-order chi connectivity index (χ0) is 24.6. The molecular formula is C27H38N8. The van der Waals surface area contributed by atoms with Gasteiger partial charge in [0.15, 0.2) is 5.82 Å². The first-order valence-electron chi connectivity index (χ1n) is 13.0. The van der Waals surface area contributed by atoms with Crippen LogP contribution in [0.2, 0.25) is 0 Å². The van der Waals surface area contributed by atoms with E-state index >= 15 is 0 Å². The van der Waals surface area contributed by atoms with E-state index in [-0.39, 0.29) is 0 Å². The smallest absolute Gasteiger partial charge is 0.221 e. The fourth-order valence-electron chi connectivity index (χ4n) is 4.43. The Morgan fingerprint density at radius 2 is 1.71 bits per heavy atom. The molecule has 0 saturated heterocycles. The lowest BCUT2D eigenvalue weighted by atomic mass is 10.1. The fraction of sp³-hybridized carbons (Fsp3) is 0.519. The summed E-state index contributed by atoms with van der Waals surface area (Å²) >= 11 is 0. The van der Waals surface area contributed by atoms with Gasteiger partial charge in [0.2, 0.25) is 5.82 Å². The minimum Gasteiger partial charge on any atom is -0.311 e. The van der Waals surface area contributed by atoms with Crippen LogP contribution in [0.1, 0.15) is 82.7 Å². The van der Waals surface area contributed by atoms with E-state index < -0.39 is 0 Å². The van der Waals surface area contributed by atoms with Crippen molar-refractivity contribution in [3.63, 3.8) is 0 Å². The van der Waals surface area contributed by atoms with Gasteiger partial charge in [-0.1, -0.05) is 59.1 Å². The van der Waals surface area contributed by atoms with Crippen molar-refractivity contribution >= 4 is 0 Å². The Morgan fingerprint density at radius 1 is 0.914 bits per heavy atom. The second-order valence-corrected chi connectivity index (χ2v) is 9.71. The van der Waals surface area contributed by atoms with Crippen molar-refractivity contribution in [2.45, 2.75) is 85.6 Å². The van der Waals surface area contributed by atoms with Crippen molar-refractivity contribution in [2.75, 3.05) is 0 Å². The average Bonchev–Trinajstić information content (AvgIpc) is 3.58. The van der Waals surface area contributed by atoms with Gasteiger partial charge in [0.05, 0.1) is 12.2 Å². The molecule has 3 aromatic heterocycles. The molecule has 1 N–H and O–H groups in total. The maximum atomic E-state index is 4.85. The van der Waals surface area contributed by atoms with Crippen LogP contribution in [0.3, 0.4) is 0 Å². The number of hydrogen-bond donors (Lipinski definition) is 1. The highest BCUT2D eigenvalue weighted by atomic mass is 15.5. The Balaban J connectivity index is 1.59. The van der Waals surface area contributed by atoms with Gasteiger partial charge in [0.25, 0.3) is 0 Å². The van der Waals surface area contributed by atoms with Crippen LogP contribution in [0.5, 0.6) is 0 Å². The van der Waals surface area contributed by atoms with E-state index in [0.29, 0.717) is 11.7 Å². The summed E-state index contributed by atoms with van der Waals surface area (Å²) < 4.78 is 4.35. The fourth-order valence-corrected chi connectivity index (χ4v) is 4.43. The lowest BCUT2D eigenvalue weighted by Gasteiger charge is -2.13. The van der Waals surface area contributed by atoms with Crippen molar-refractivity contribution in [2.24, 2.45) is 5.92 Å². The Morgan fingerprint density at radius 3 is 2.40 bits per heavy atom. The van der Waals surface area contributed by atoms with E-state index in [2.05, 4.69) is 94.0 Å². The molecule has 0 atom stereocenters. The number of aromatic nitrogens is 8. The quantitative estimate of drug-likeness (QED) is 0.256. The van der Waals surface area contributed by atoms with Gasteiger partial charge in [0, 0.05) is 24.2 Å². The van der Waals surface area contributed by atoms with E-state index in [4.69, 9.17) is 10.1 Å². The molecule has 3 heterocycles. The van der Waals surface area contributed by atoms with Crippen LogP contribution in [0.25, 0.3) is 17.2 Å². The summed E-state index contributed by atoms with van der Waals surface area (Å²) in [6.45, 7) is 9.61. The van der Waals surface area contributed by atoms with Gasteiger partial charge in [-0.05, 0) is 60.2 Å². The third-order valence-corrected chi connectivity index (χ3v) is 6.24. The average molecular weight is 475 g/mol. The highest BCUT2D eigenvalue weighted by molar-refractivity contribution is 5.56. The first kappa shape index (κ1) is 24.8. The number of unbranched alkanes of at least 4 members (excludes halogenated alkanes) is 3. The number of H-pyrrole nitrogens is 1. The highest BCUT2D eigenvalue weighted by Crippen LogP contribution is 2.25. The van der Waals surface area contributed by atoms with Crippen LogP contribution >= 0.6 is 0 Å². The Bertz CT molecular complexity index is 1170. The Labute approximate surface area is 208 Å². The van der Waals surface area contributed by atoms with Gasteiger partial charge in [-0.2, -0.15) is 10.3 Å². The molecule has 1 aromatic carbocycles. The summed E-state index contributed by atoms with van der Waals surface area (Å²) in [7, 11) is 0. The molecule has 0 spiro atoms. The number of aryl methyl sites for hydroxylation is 2. The molecule has 35 heavy (non-hydrogen) atoms. The van der Waals surface area contributed by atoms with Crippen LogP contribution in [-0.2, 0) is 25.8 Å². The zero-order valence-corrected chi connectivity index (χ0v) is 21.5. The molecule has 0 unspecified atom stereocenters. The standard InChI is InChI=1S/C27H38N8/c1-5-7-9-10-22-16-17-24(27-29-32-33-30-27)35(22)23-14-12-21(13-15-23)19-34-26(11-8-6-2)28-25(31-34)18-20(3)4/h12-17,20H,5-11,18-19H2,1-4H3,(H,29,30,32,33). The van der Waals surface area contributed by atoms with Crippen LogP contribution in [0.15, 0.2) is 36.4 Å². The molecule has 4 rings (SSSR count). The number of tetrazole rings is 1. The lowest BCUT2D eigenvalue weighted by Crippen LogP contribution is -2.08. The Kier molecular flexibility index (Phi) is 8.45. The third-order valence-electron chi connectivity index (χ3n) is 6.24. The summed E-state index contributed by atoms with van der Waals surface area (Å²) in [5.74, 6) is 3.20. The van der Waals surface area contributed by atoms with Crippen LogP contribution < -0.4 is 0 Å². The topological polar surface area (TPSA) is 90.1 Å². The van der Waals surface area contributed by atoms with E-state index in [1.165, 1.54) is 24.1 Å². The molecule has 0 bridgehead atoms. The molecule has 0 aliphatic carbocycles. The number of nitrogens with one attached hydrogen (secondary N) is 1. The number of benzene rings is 1. The maximum Gasteiger partial charge on any atom is 0.221 e. The first-order chi connectivity index (χ1) is 17.1. The molecule has 0 radical (unpaired) electrons. The minimum absolute atomic E-state index is 0.547. The van der Waals surface area contributed by atoms with E-state index in [0.717, 1.165) is 68.1 Å². The van der Waals surface area contributed by atoms with E-state index in [9.17, 15) is 0 Å². The van der Waals surface area contributed by atoms with Crippen LogP contribution in [-0.4, -0.2) is 40.0 Å². The molecule has 8 heteroatoms. The van der Waals surface area contributed by atoms with Gasteiger partial charge in [0.1, 0.15) is 5.82 Å². The number of hydrogen-bond acceptors (Lipinski definition) is 5. The molecule has 0 fully saturated rings. The summed E-state index contributed by atoms with van der Waals surface area (Å²) in [4.78, 5) is 4.85. The summed E-state index contributed by atoms with van der Waals surface area (Å²) in [6.07, 6.45) is 8.78. The number of nitrogens with zero attached hydrogens (tertiary/aromatic N) is 7. The van der Waals surface area contributed by atoms with Gasteiger partial charge >= 0.3 is 0 Å². The van der Waals surface area contributed by atoms with Gasteiger partial charge < -0.3 is 4.57 Å². The molecule has 8 nitrogen and oxygen atoms in total. The van der Waals surface area contributed by atoms with Gasteiger partial charge in [-0.15, -0.1) is 10.2 Å². The molecule has 4 aromatic rings. The Hall–Kier alpha value is -3.29. The van der Waals surface area contributed by atoms with Crippen molar-refractivity contribution in [1.29, 1.82) is 0 Å². The normalized spacial score (nSPS) is 11.6. The molecule has 0 amide bonds. The number of aromatic amines is 1. The summed E-state index contributed by atoms with van der Waals surface area (Å²) in [5, 5.41) is 19.6. The highest BCUT2D eigenvalue weighted by Gasteiger charge is 2.16. The minimum atomic E-state index is 0.547. The maximum absolute atomic E-state index is 4.85. The van der Waals surface area contributed by atoms with Crippen molar-refractivity contribution < 1.29 is 0 Å². The molecule has 0 aliphatic heterocycles. The SMILES string of the molecule is CCCCCc1ccc(-c2nn[nH]n2)n1-c1ccc(Cn2nc(CC(C)C)nc2CCCC)cc1. The molecule has 0 aliphatic rings. The van der Waals surface area contributed by atoms with Crippen molar-refractivity contribution in [3.05, 3.63) is 59.3 Å². The van der Waals surface area contributed by atoms with E-state index in [1.54, 1.807) is 0 Å². The third kappa shape index (κ3) is 6.24. The second kappa shape index (κ2) is 11.9. The summed E-state index contributed by atoms with van der Waals surface area (Å²) in [5.41, 5.74) is 4.54. The van der Waals surface area contributed by atoms with Crippen molar-refractivity contribution in [3.8, 4) is 17.2 Å². The summed E-state index contributed by atoms with van der Waals surface area (Å²) in [6, 6.07) is 13.0. The monoisotopic (exact) mass is 474 g/mol. The number of rotatable bonds is 13. The molecule has 0 saturated carbocycles. The predicted molar refractivity (Wildman–Crippen MR) is 138 cm³/mol. The van der Waals surface area contributed by atoms with Gasteiger partial charge in [-0.25, -0.2) is 9.67 Å². The van der Waals surface area contributed by atoms with Crippen LogP contribution in [0.4, 0.5) is 0 Å². The lowest BCUT2D eigenvalue weighted by molar-refractivity contribution is 0.592. The molecule has 186 valence electrons. The van der Waals surface area contributed by atoms with Crippen LogP contribution in [0, 0.1) is 5.92 Å².